The zero-order valence-electron chi connectivity index (χ0n) is 10.9. The lowest BCUT2D eigenvalue weighted by Crippen LogP contribution is -2.34. The lowest BCUT2D eigenvalue weighted by molar-refractivity contribution is 0.426. The smallest absolute Gasteiger partial charge is 0.128 e. The Bertz CT molecular complexity index is 370. The molecule has 0 atom stereocenters. The molecule has 0 unspecified atom stereocenters. The SMILES string of the molecule is Cc1nc(N(C)C2CCCCC2)ccc1CN. The number of hydrogen-bond donors (Lipinski definition) is 1. The van der Waals surface area contributed by atoms with Crippen LogP contribution in [0.15, 0.2) is 12.1 Å². The van der Waals surface area contributed by atoms with Gasteiger partial charge in [-0.05, 0) is 31.4 Å². The molecule has 3 heteroatoms. The second-order valence-electron chi connectivity index (χ2n) is 5.02. The van der Waals surface area contributed by atoms with Gasteiger partial charge in [0, 0.05) is 25.3 Å². The van der Waals surface area contributed by atoms with Crippen LogP contribution >= 0.6 is 0 Å². The molecule has 1 heterocycles. The first kappa shape index (κ1) is 12.4. The summed E-state index contributed by atoms with van der Waals surface area (Å²) in [5.74, 6) is 1.09. The molecule has 1 aliphatic rings. The number of nitrogens with two attached hydrogens (primary N) is 1. The van der Waals surface area contributed by atoms with Crippen molar-refractivity contribution in [3.8, 4) is 0 Å². The van der Waals surface area contributed by atoms with Gasteiger partial charge in [0.05, 0.1) is 0 Å². The van der Waals surface area contributed by atoms with Crippen LogP contribution in [-0.4, -0.2) is 18.1 Å². The summed E-state index contributed by atoms with van der Waals surface area (Å²) >= 11 is 0. The molecule has 17 heavy (non-hydrogen) atoms. The van der Waals surface area contributed by atoms with Crippen molar-refractivity contribution < 1.29 is 0 Å². The van der Waals surface area contributed by atoms with Gasteiger partial charge in [-0.3, -0.25) is 0 Å². The van der Waals surface area contributed by atoms with E-state index in [4.69, 9.17) is 5.73 Å². The molecule has 0 saturated heterocycles. The maximum Gasteiger partial charge on any atom is 0.128 e. The fourth-order valence-electron chi connectivity index (χ4n) is 2.64. The Morgan fingerprint density at radius 2 is 2.00 bits per heavy atom. The molecule has 0 radical (unpaired) electrons. The summed E-state index contributed by atoms with van der Waals surface area (Å²) in [6, 6.07) is 4.88. The summed E-state index contributed by atoms with van der Waals surface area (Å²) in [5, 5.41) is 0. The number of anilines is 1. The quantitative estimate of drug-likeness (QED) is 0.872. The van der Waals surface area contributed by atoms with Crippen LogP contribution in [0.5, 0.6) is 0 Å². The van der Waals surface area contributed by atoms with Crippen molar-refractivity contribution in [1.29, 1.82) is 0 Å². The highest BCUT2D eigenvalue weighted by Gasteiger charge is 2.19. The Morgan fingerprint density at radius 1 is 1.29 bits per heavy atom. The average Bonchev–Trinajstić information content (AvgIpc) is 2.39. The number of aromatic nitrogens is 1. The molecule has 0 bridgehead atoms. The highest BCUT2D eigenvalue weighted by Crippen LogP contribution is 2.25. The van der Waals surface area contributed by atoms with Gasteiger partial charge in [-0.25, -0.2) is 4.98 Å². The third-order valence-corrected chi connectivity index (χ3v) is 3.88. The maximum atomic E-state index is 5.67. The van der Waals surface area contributed by atoms with Gasteiger partial charge in [0.1, 0.15) is 5.82 Å². The third kappa shape index (κ3) is 2.78. The van der Waals surface area contributed by atoms with Crippen LogP contribution in [0.2, 0.25) is 0 Å². The van der Waals surface area contributed by atoms with Gasteiger partial charge in [0.2, 0.25) is 0 Å². The van der Waals surface area contributed by atoms with E-state index in [1.807, 2.05) is 6.92 Å². The summed E-state index contributed by atoms with van der Waals surface area (Å²) in [5.41, 5.74) is 7.87. The van der Waals surface area contributed by atoms with Gasteiger partial charge in [0.25, 0.3) is 0 Å². The zero-order valence-corrected chi connectivity index (χ0v) is 10.9. The largest absolute Gasteiger partial charge is 0.357 e. The topological polar surface area (TPSA) is 42.2 Å². The predicted molar refractivity (Wildman–Crippen MR) is 72.1 cm³/mol. The van der Waals surface area contributed by atoms with Crippen molar-refractivity contribution in [3.05, 3.63) is 23.4 Å². The Labute approximate surface area is 104 Å². The monoisotopic (exact) mass is 233 g/mol. The van der Waals surface area contributed by atoms with Crippen LogP contribution in [0, 0.1) is 6.92 Å². The van der Waals surface area contributed by atoms with E-state index in [9.17, 15) is 0 Å². The van der Waals surface area contributed by atoms with E-state index < -0.39 is 0 Å². The standard InChI is InChI=1S/C14H23N3/c1-11-12(10-15)8-9-14(16-11)17(2)13-6-4-3-5-7-13/h8-9,13H,3-7,10,15H2,1-2H3. The minimum Gasteiger partial charge on any atom is -0.357 e. The lowest BCUT2D eigenvalue weighted by Gasteiger charge is -2.32. The molecule has 1 aromatic heterocycles. The Hall–Kier alpha value is -1.09. The minimum atomic E-state index is 0.576. The van der Waals surface area contributed by atoms with Crippen LogP contribution in [0.4, 0.5) is 5.82 Å². The van der Waals surface area contributed by atoms with Gasteiger partial charge >= 0.3 is 0 Å². The molecule has 1 saturated carbocycles. The van der Waals surface area contributed by atoms with E-state index >= 15 is 0 Å². The minimum absolute atomic E-state index is 0.576. The number of pyridine rings is 1. The van der Waals surface area contributed by atoms with Crippen molar-refractivity contribution in [2.75, 3.05) is 11.9 Å². The van der Waals surface area contributed by atoms with Crippen molar-refractivity contribution in [2.45, 2.75) is 51.6 Å². The Kier molecular flexibility index (Phi) is 4.00. The van der Waals surface area contributed by atoms with E-state index in [1.165, 1.54) is 32.1 Å². The normalized spacial score (nSPS) is 17.1. The molecule has 0 spiro atoms. The lowest BCUT2D eigenvalue weighted by atomic mass is 9.94. The number of rotatable bonds is 3. The second kappa shape index (κ2) is 5.50. The molecule has 0 aromatic carbocycles. The maximum absolute atomic E-state index is 5.67. The molecular formula is C14H23N3. The van der Waals surface area contributed by atoms with Gasteiger partial charge in [-0.1, -0.05) is 25.3 Å². The summed E-state index contributed by atoms with van der Waals surface area (Å²) in [7, 11) is 2.17. The van der Waals surface area contributed by atoms with Gasteiger partial charge in [-0.15, -0.1) is 0 Å². The molecular weight excluding hydrogens is 210 g/mol. The Morgan fingerprint density at radius 3 is 2.59 bits per heavy atom. The summed E-state index contributed by atoms with van der Waals surface area (Å²) < 4.78 is 0. The van der Waals surface area contributed by atoms with Crippen LogP contribution in [0.3, 0.4) is 0 Å². The third-order valence-electron chi connectivity index (χ3n) is 3.88. The number of hydrogen-bond acceptors (Lipinski definition) is 3. The molecule has 2 rings (SSSR count). The molecule has 2 N–H and O–H groups in total. The molecule has 0 aliphatic heterocycles. The molecule has 94 valence electrons. The van der Waals surface area contributed by atoms with Crippen LogP contribution < -0.4 is 10.6 Å². The predicted octanol–water partition coefficient (Wildman–Crippen LogP) is 2.62. The van der Waals surface area contributed by atoms with Crippen LogP contribution in [-0.2, 0) is 6.54 Å². The van der Waals surface area contributed by atoms with E-state index in [1.54, 1.807) is 0 Å². The van der Waals surface area contributed by atoms with Crippen molar-refractivity contribution in [1.82, 2.24) is 4.98 Å². The summed E-state index contributed by atoms with van der Waals surface area (Å²) in [6.07, 6.45) is 6.71. The number of aryl methyl sites for hydroxylation is 1. The first-order valence-corrected chi connectivity index (χ1v) is 6.62. The van der Waals surface area contributed by atoms with E-state index in [-0.39, 0.29) is 0 Å². The first-order chi connectivity index (χ1) is 8.22. The van der Waals surface area contributed by atoms with Crippen molar-refractivity contribution in [2.24, 2.45) is 5.73 Å². The van der Waals surface area contributed by atoms with Gasteiger partial charge in [0.15, 0.2) is 0 Å². The van der Waals surface area contributed by atoms with E-state index in [0.29, 0.717) is 12.6 Å². The summed E-state index contributed by atoms with van der Waals surface area (Å²) in [4.78, 5) is 7.00. The fraction of sp³-hybridized carbons (Fsp3) is 0.643. The molecule has 1 aromatic rings. The van der Waals surface area contributed by atoms with Crippen LogP contribution in [0.25, 0.3) is 0 Å². The molecule has 0 amide bonds. The van der Waals surface area contributed by atoms with E-state index in [2.05, 4.69) is 29.1 Å². The number of nitrogens with zero attached hydrogens (tertiary/aromatic N) is 2. The van der Waals surface area contributed by atoms with E-state index in [0.717, 1.165) is 17.1 Å². The first-order valence-electron chi connectivity index (χ1n) is 6.62. The Balaban J connectivity index is 2.12. The van der Waals surface area contributed by atoms with Gasteiger partial charge < -0.3 is 10.6 Å². The van der Waals surface area contributed by atoms with Crippen LogP contribution in [0.1, 0.15) is 43.4 Å². The molecule has 1 aliphatic carbocycles. The zero-order chi connectivity index (χ0) is 12.3. The second-order valence-corrected chi connectivity index (χ2v) is 5.02. The summed E-state index contributed by atoms with van der Waals surface area (Å²) in [6.45, 7) is 2.62. The highest BCUT2D eigenvalue weighted by molar-refractivity contribution is 5.42. The van der Waals surface area contributed by atoms with Crippen molar-refractivity contribution >= 4 is 5.82 Å². The van der Waals surface area contributed by atoms with Gasteiger partial charge in [-0.2, -0.15) is 0 Å². The highest BCUT2D eigenvalue weighted by atomic mass is 15.2. The molecule has 1 fully saturated rings. The van der Waals surface area contributed by atoms with Crippen molar-refractivity contribution in [3.63, 3.8) is 0 Å². The average molecular weight is 233 g/mol. The molecule has 3 nitrogen and oxygen atoms in total. The fourth-order valence-corrected chi connectivity index (χ4v) is 2.64.